The molecule has 1 aromatic rings. The van der Waals surface area contributed by atoms with Crippen LogP contribution in [0.3, 0.4) is 0 Å². The molecule has 2 N–H and O–H groups in total. The summed E-state index contributed by atoms with van der Waals surface area (Å²) in [5.74, 6) is 0. The van der Waals surface area contributed by atoms with Gasteiger partial charge in [0.2, 0.25) is 0 Å². The van der Waals surface area contributed by atoms with Crippen molar-refractivity contribution in [2.75, 3.05) is 6.61 Å². The lowest BCUT2D eigenvalue weighted by Gasteiger charge is -2.23. The third kappa shape index (κ3) is 3.10. The van der Waals surface area contributed by atoms with Crippen LogP contribution in [0.1, 0.15) is 24.3 Å². The minimum atomic E-state index is -0.184. The van der Waals surface area contributed by atoms with Crippen molar-refractivity contribution in [3.63, 3.8) is 0 Å². The highest BCUT2D eigenvalue weighted by Gasteiger charge is 2.15. The zero-order chi connectivity index (χ0) is 9.90. The molecule has 3 heteroatoms. The van der Waals surface area contributed by atoms with E-state index in [9.17, 15) is 0 Å². The summed E-state index contributed by atoms with van der Waals surface area (Å²) in [5.41, 5.74) is 1.14. The predicted octanol–water partition coefficient (Wildman–Crippen LogP) is 1.92. The van der Waals surface area contributed by atoms with Crippen molar-refractivity contribution in [1.29, 1.82) is 0 Å². The minimum Gasteiger partial charge on any atom is -0.394 e. The van der Waals surface area contributed by atoms with E-state index >= 15 is 0 Å². The molecule has 2 nitrogen and oxygen atoms in total. The molecular formula is C10H17NOS. The van der Waals surface area contributed by atoms with Gasteiger partial charge in [0.15, 0.2) is 0 Å². The molecule has 0 spiro atoms. The molecule has 13 heavy (non-hydrogen) atoms. The summed E-state index contributed by atoms with van der Waals surface area (Å²) in [6.45, 7) is 7.11. The summed E-state index contributed by atoms with van der Waals surface area (Å²) >= 11 is 1.76. The lowest BCUT2D eigenvalue weighted by molar-refractivity contribution is 0.187. The third-order valence-corrected chi connectivity index (χ3v) is 3.11. The van der Waals surface area contributed by atoms with Gasteiger partial charge in [0.05, 0.1) is 6.61 Å². The summed E-state index contributed by atoms with van der Waals surface area (Å²) in [6, 6.07) is 2.12. The van der Waals surface area contributed by atoms with Gasteiger partial charge in [-0.15, -0.1) is 11.3 Å². The van der Waals surface area contributed by atoms with Gasteiger partial charge in [0.25, 0.3) is 0 Å². The summed E-state index contributed by atoms with van der Waals surface area (Å²) < 4.78 is 0. The smallest absolute Gasteiger partial charge is 0.0607 e. The number of aliphatic hydroxyl groups excluding tert-OH is 1. The molecule has 0 bridgehead atoms. The highest BCUT2D eigenvalue weighted by atomic mass is 32.1. The van der Waals surface area contributed by atoms with Gasteiger partial charge in [-0.2, -0.15) is 0 Å². The van der Waals surface area contributed by atoms with Crippen molar-refractivity contribution in [1.82, 2.24) is 5.32 Å². The van der Waals surface area contributed by atoms with E-state index in [2.05, 4.69) is 23.7 Å². The number of nitrogens with one attached hydrogen (secondary N) is 1. The molecule has 0 aromatic carbocycles. The summed E-state index contributed by atoms with van der Waals surface area (Å²) in [7, 11) is 0. The molecule has 0 unspecified atom stereocenters. The number of hydrogen-bond donors (Lipinski definition) is 2. The summed E-state index contributed by atoms with van der Waals surface area (Å²) in [4.78, 5) is 1.35. The second-order valence-corrected chi connectivity index (χ2v) is 4.92. The standard InChI is InChI=1S/C10H17NOS/c1-8-4-5-13-9(8)6-11-10(2,3)7-12/h4-5,11-12H,6-7H2,1-3H3. The van der Waals surface area contributed by atoms with Gasteiger partial charge < -0.3 is 10.4 Å². The van der Waals surface area contributed by atoms with Crippen LogP contribution in [0.2, 0.25) is 0 Å². The normalized spacial score (nSPS) is 12.0. The molecule has 0 fully saturated rings. The van der Waals surface area contributed by atoms with E-state index in [0.29, 0.717) is 0 Å². The van der Waals surface area contributed by atoms with Crippen LogP contribution in [-0.2, 0) is 6.54 Å². The molecule has 1 heterocycles. The van der Waals surface area contributed by atoms with E-state index in [1.54, 1.807) is 11.3 Å². The van der Waals surface area contributed by atoms with Crippen molar-refractivity contribution < 1.29 is 5.11 Å². The predicted molar refractivity (Wildman–Crippen MR) is 57.1 cm³/mol. The Morgan fingerprint density at radius 2 is 2.23 bits per heavy atom. The quantitative estimate of drug-likeness (QED) is 0.776. The number of hydrogen-bond acceptors (Lipinski definition) is 3. The van der Waals surface area contributed by atoms with E-state index in [-0.39, 0.29) is 12.1 Å². The van der Waals surface area contributed by atoms with Crippen molar-refractivity contribution in [3.8, 4) is 0 Å². The molecule has 0 atom stereocenters. The first-order chi connectivity index (χ1) is 6.05. The molecule has 74 valence electrons. The van der Waals surface area contributed by atoms with Crippen molar-refractivity contribution in [2.45, 2.75) is 32.9 Å². The Bertz CT molecular complexity index is 268. The molecule has 0 amide bonds. The average molecular weight is 199 g/mol. The lowest BCUT2D eigenvalue weighted by Crippen LogP contribution is -2.41. The SMILES string of the molecule is Cc1ccsc1CNC(C)(C)CO. The van der Waals surface area contributed by atoms with Crippen molar-refractivity contribution in [3.05, 3.63) is 21.9 Å². The summed E-state index contributed by atoms with van der Waals surface area (Å²) in [5, 5.41) is 14.4. The van der Waals surface area contributed by atoms with Crippen LogP contribution in [0.5, 0.6) is 0 Å². The Labute approximate surface area is 83.6 Å². The number of thiophene rings is 1. The average Bonchev–Trinajstić information content (AvgIpc) is 2.48. The molecule has 1 aromatic heterocycles. The van der Waals surface area contributed by atoms with Crippen LogP contribution >= 0.6 is 11.3 Å². The van der Waals surface area contributed by atoms with Gasteiger partial charge in [-0.1, -0.05) is 0 Å². The van der Waals surface area contributed by atoms with Crippen LogP contribution in [0.4, 0.5) is 0 Å². The van der Waals surface area contributed by atoms with Gasteiger partial charge in [0, 0.05) is 17.0 Å². The van der Waals surface area contributed by atoms with Gasteiger partial charge in [0.1, 0.15) is 0 Å². The van der Waals surface area contributed by atoms with E-state index in [1.165, 1.54) is 10.4 Å². The second-order valence-electron chi connectivity index (χ2n) is 3.92. The molecule has 0 saturated heterocycles. The van der Waals surface area contributed by atoms with Gasteiger partial charge in [-0.05, 0) is 37.8 Å². The molecular weight excluding hydrogens is 182 g/mol. The fourth-order valence-electron chi connectivity index (χ4n) is 0.961. The molecule has 1 rings (SSSR count). The zero-order valence-corrected chi connectivity index (χ0v) is 9.24. The maximum Gasteiger partial charge on any atom is 0.0607 e. The maximum atomic E-state index is 9.03. The number of aryl methyl sites for hydroxylation is 1. The van der Waals surface area contributed by atoms with E-state index in [4.69, 9.17) is 5.11 Å². The topological polar surface area (TPSA) is 32.3 Å². The Hall–Kier alpha value is -0.380. The van der Waals surface area contributed by atoms with Crippen LogP contribution < -0.4 is 5.32 Å². The fourth-order valence-corrected chi connectivity index (χ4v) is 1.81. The van der Waals surface area contributed by atoms with Gasteiger partial charge in [-0.25, -0.2) is 0 Å². The largest absolute Gasteiger partial charge is 0.394 e. The van der Waals surface area contributed by atoms with Gasteiger partial charge in [-0.3, -0.25) is 0 Å². The highest BCUT2D eigenvalue weighted by molar-refractivity contribution is 7.10. The first-order valence-corrected chi connectivity index (χ1v) is 5.32. The molecule has 0 saturated carbocycles. The molecule has 0 aliphatic rings. The summed E-state index contributed by atoms with van der Waals surface area (Å²) in [6.07, 6.45) is 0. The Morgan fingerprint density at radius 3 is 2.69 bits per heavy atom. The Balaban J connectivity index is 2.48. The minimum absolute atomic E-state index is 0.164. The Morgan fingerprint density at radius 1 is 1.54 bits per heavy atom. The second kappa shape index (κ2) is 4.22. The van der Waals surface area contributed by atoms with Crippen LogP contribution in [0.25, 0.3) is 0 Å². The number of aliphatic hydroxyl groups is 1. The lowest BCUT2D eigenvalue weighted by atomic mass is 10.1. The fraction of sp³-hybridized carbons (Fsp3) is 0.600. The third-order valence-electron chi connectivity index (χ3n) is 2.09. The first kappa shape index (κ1) is 10.7. The van der Waals surface area contributed by atoms with Gasteiger partial charge >= 0.3 is 0 Å². The number of rotatable bonds is 4. The maximum absolute atomic E-state index is 9.03. The van der Waals surface area contributed by atoms with Crippen molar-refractivity contribution in [2.24, 2.45) is 0 Å². The zero-order valence-electron chi connectivity index (χ0n) is 8.42. The molecule has 0 aliphatic heterocycles. The van der Waals surface area contributed by atoms with Crippen LogP contribution in [0.15, 0.2) is 11.4 Å². The highest BCUT2D eigenvalue weighted by Crippen LogP contribution is 2.16. The molecule has 0 radical (unpaired) electrons. The monoisotopic (exact) mass is 199 g/mol. The Kier molecular flexibility index (Phi) is 3.47. The van der Waals surface area contributed by atoms with E-state index in [0.717, 1.165) is 6.54 Å². The van der Waals surface area contributed by atoms with Crippen molar-refractivity contribution >= 4 is 11.3 Å². The van der Waals surface area contributed by atoms with E-state index in [1.807, 2.05) is 13.8 Å². The van der Waals surface area contributed by atoms with Crippen LogP contribution in [0, 0.1) is 6.92 Å². The van der Waals surface area contributed by atoms with E-state index < -0.39 is 0 Å². The molecule has 0 aliphatic carbocycles. The first-order valence-electron chi connectivity index (χ1n) is 4.44. The van der Waals surface area contributed by atoms with Crippen LogP contribution in [-0.4, -0.2) is 17.3 Å².